The highest BCUT2D eigenvalue weighted by Gasteiger charge is 2.62. The first-order chi connectivity index (χ1) is 20.2. The smallest absolute Gasteiger partial charge is 0.374 e. The van der Waals surface area contributed by atoms with Crippen LogP contribution >= 0.6 is 23.2 Å². The monoisotopic (exact) mass is 679 g/mol. The summed E-state index contributed by atoms with van der Waals surface area (Å²) in [5.41, 5.74) is -3.76. The summed E-state index contributed by atoms with van der Waals surface area (Å²) >= 11 is 11.4. The molecule has 1 unspecified atom stereocenters. The van der Waals surface area contributed by atoms with Crippen molar-refractivity contribution in [1.29, 1.82) is 0 Å². The number of hydrogen-bond donors (Lipinski definition) is 1. The lowest BCUT2D eigenvalue weighted by atomic mass is 9.86. The standard InChI is InChI=1S/C25H17Cl2F10N5O2/c1-11-6-12(17-9-22(44-41-17,25(35,36)37)13-7-15(26)19(28)16(27)8-13)2-3-14(11)20(43)39-21-38-18(4-5-23(29,30)31)42(40-21)10-24(32,33)34/h2-3,6-8H,4-5,9-10H2,1H3,(H,39,40,43). The van der Waals surface area contributed by atoms with Gasteiger partial charge in [-0.2, -0.15) is 44.5 Å². The van der Waals surface area contributed by atoms with Gasteiger partial charge in [0.15, 0.2) is 5.82 Å². The lowest BCUT2D eigenvalue weighted by molar-refractivity contribution is -0.275. The minimum absolute atomic E-state index is 0.0893. The van der Waals surface area contributed by atoms with Crippen LogP contribution in [-0.2, 0) is 23.4 Å². The van der Waals surface area contributed by atoms with Crippen LogP contribution in [0.25, 0.3) is 0 Å². The number of oxime groups is 1. The zero-order chi connectivity index (χ0) is 32.8. The Morgan fingerprint density at radius 2 is 1.66 bits per heavy atom. The molecular formula is C25H17Cl2F10N5O2. The first-order valence-corrected chi connectivity index (χ1v) is 12.9. The molecule has 0 radical (unpaired) electrons. The van der Waals surface area contributed by atoms with Crippen molar-refractivity contribution in [3.8, 4) is 0 Å². The molecule has 19 heteroatoms. The van der Waals surface area contributed by atoms with Gasteiger partial charge in [-0.25, -0.2) is 9.07 Å². The number of hydrogen-bond acceptors (Lipinski definition) is 5. The second kappa shape index (κ2) is 11.7. The highest BCUT2D eigenvalue weighted by atomic mass is 35.5. The minimum Gasteiger partial charge on any atom is -0.374 e. The number of rotatable bonds is 7. The van der Waals surface area contributed by atoms with Gasteiger partial charge >= 0.3 is 18.5 Å². The summed E-state index contributed by atoms with van der Waals surface area (Å²) in [6, 6.07) is 5.08. The molecule has 44 heavy (non-hydrogen) atoms. The second-order valence-electron chi connectivity index (χ2n) is 9.61. The maximum Gasteiger partial charge on any atom is 0.435 e. The number of aromatic nitrogens is 3. The summed E-state index contributed by atoms with van der Waals surface area (Å²) in [7, 11) is 0. The Kier molecular flexibility index (Phi) is 8.87. The lowest BCUT2D eigenvalue weighted by Crippen LogP contribution is -2.42. The van der Waals surface area contributed by atoms with Gasteiger partial charge in [0.1, 0.15) is 12.4 Å². The van der Waals surface area contributed by atoms with E-state index in [0.29, 0.717) is 12.1 Å². The topological polar surface area (TPSA) is 81.4 Å². The van der Waals surface area contributed by atoms with Gasteiger partial charge in [-0.05, 0) is 42.3 Å². The third-order valence-corrected chi connectivity index (χ3v) is 6.93. The first-order valence-electron chi connectivity index (χ1n) is 12.2. The number of halogens is 12. The average Bonchev–Trinajstić information content (AvgIpc) is 3.49. The average molecular weight is 680 g/mol. The highest BCUT2D eigenvalue weighted by Crippen LogP contribution is 2.50. The van der Waals surface area contributed by atoms with E-state index in [1.165, 1.54) is 25.1 Å². The van der Waals surface area contributed by atoms with E-state index in [1.807, 2.05) is 0 Å². The van der Waals surface area contributed by atoms with Gasteiger partial charge in [0.25, 0.3) is 11.5 Å². The van der Waals surface area contributed by atoms with Crippen molar-refractivity contribution in [2.45, 2.75) is 56.9 Å². The number of carbonyl (C=O) groups is 1. The van der Waals surface area contributed by atoms with Crippen LogP contribution in [0.1, 0.15) is 45.7 Å². The molecule has 0 saturated heterocycles. The molecular weight excluding hydrogens is 663 g/mol. The predicted molar refractivity (Wildman–Crippen MR) is 136 cm³/mol. The number of benzene rings is 2. The Morgan fingerprint density at radius 1 is 1.02 bits per heavy atom. The van der Waals surface area contributed by atoms with E-state index in [9.17, 15) is 48.7 Å². The van der Waals surface area contributed by atoms with Crippen LogP contribution in [0.4, 0.5) is 49.9 Å². The molecule has 0 aliphatic carbocycles. The Morgan fingerprint density at radius 3 is 2.20 bits per heavy atom. The summed E-state index contributed by atoms with van der Waals surface area (Å²) in [6.07, 6.45) is -17.9. The van der Waals surface area contributed by atoms with Crippen molar-refractivity contribution in [2.75, 3.05) is 5.32 Å². The molecule has 0 fully saturated rings. The normalized spacial score (nSPS) is 17.4. The molecule has 238 valence electrons. The molecule has 0 saturated carbocycles. The van der Waals surface area contributed by atoms with E-state index in [1.54, 1.807) is 0 Å². The van der Waals surface area contributed by atoms with Crippen LogP contribution in [0.15, 0.2) is 35.5 Å². The quantitative estimate of drug-likeness (QED) is 0.203. The number of amides is 1. The molecule has 1 amide bonds. The highest BCUT2D eigenvalue weighted by molar-refractivity contribution is 6.35. The molecule has 1 aromatic heterocycles. The van der Waals surface area contributed by atoms with Crippen molar-refractivity contribution in [3.05, 3.63) is 74.3 Å². The third-order valence-electron chi connectivity index (χ3n) is 6.38. The van der Waals surface area contributed by atoms with Gasteiger partial charge in [0.2, 0.25) is 5.95 Å². The van der Waals surface area contributed by atoms with E-state index in [0.717, 1.165) is 0 Å². The summed E-state index contributed by atoms with van der Waals surface area (Å²) in [6.45, 7) is -0.369. The van der Waals surface area contributed by atoms with Crippen LogP contribution in [0.3, 0.4) is 0 Å². The largest absolute Gasteiger partial charge is 0.435 e. The molecule has 1 N–H and O–H groups in total. The van der Waals surface area contributed by atoms with Crippen molar-refractivity contribution in [3.63, 3.8) is 0 Å². The van der Waals surface area contributed by atoms with E-state index in [-0.39, 0.29) is 27.1 Å². The lowest BCUT2D eigenvalue weighted by Gasteiger charge is -2.29. The number of carbonyl (C=O) groups excluding carboxylic acids is 1. The maximum atomic E-state index is 14.3. The van der Waals surface area contributed by atoms with E-state index in [4.69, 9.17) is 28.0 Å². The predicted octanol–water partition coefficient (Wildman–Crippen LogP) is 7.92. The molecule has 1 aliphatic rings. The fourth-order valence-electron chi connectivity index (χ4n) is 4.28. The number of nitrogens with zero attached hydrogens (tertiary/aromatic N) is 4. The SMILES string of the molecule is Cc1cc(C2=NOC(c3cc(Cl)c(F)c(Cl)c3)(C(F)(F)F)C2)ccc1C(=O)Nc1nc(CCC(F)(F)F)n(CC(F)(F)F)n1. The van der Waals surface area contributed by atoms with Gasteiger partial charge in [-0.1, -0.05) is 34.4 Å². The molecule has 0 bridgehead atoms. The minimum atomic E-state index is -5.07. The van der Waals surface area contributed by atoms with E-state index in [2.05, 4.69) is 20.6 Å². The number of aryl methyl sites for hydroxylation is 2. The number of alkyl halides is 9. The van der Waals surface area contributed by atoms with Crippen LogP contribution < -0.4 is 5.32 Å². The second-order valence-corrected chi connectivity index (χ2v) is 10.4. The zero-order valence-electron chi connectivity index (χ0n) is 21.9. The number of anilines is 1. The summed E-state index contributed by atoms with van der Waals surface area (Å²) < 4.78 is 133. The molecule has 7 nitrogen and oxygen atoms in total. The molecule has 4 rings (SSSR count). The summed E-state index contributed by atoms with van der Waals surface area (Å²) in [5, 5.41) is 7.78. The summed E-state index contributed by atoms with van der Waals surface area (Å²) in [5.74, 6) is -3.46. The molecule has 2 aromatic carbocycles. The van der Waals surface area contributed by atoms with Crippen LogP contribution in [0.5, 0.6) is 0 Å². The Balaban J connectivity index is 1.56. The fourth-order valence-corrected chi connectivity index (χ4v) is 4.76. The first kappa shape index (κ1) is 33.3. The molecule has 2 heterocycles. The van der Waals surface area contributed by atoms with Crippen LogP contribution in [0.2, 0.25) is 10.0 Å². The van der Waals surface area contributed by atoms with Crippen molar-refractivity contribution < 1.29 is 53.5 Å². The van der Waals surface area contributed by atoms with Gasteiger partial charge in [0, 0.05) is 24.0 Å². The Hall–Kier alpha value is -3.60. The third kappa shape index (κ3) is 7.20. The zero-order valence-corrected chi connectivity index (χ0v) is 23.4. The van der Waals surface area contributed by atoms with Crippen molar-refractivity contribution in [1.82, 2.24) is 14.8 Å². The maximum absolute atomic E-state index is 14.3. The van der Waals surface area contributed by atoms with Gasteiger partial charge in [-0.3, -0.25) is 10.1 Å². The van der Waals surface area contributed by atoms with Crippen LogP contribution in [-0.4, -0.2) is 44.9 Å². The van der Waals surface area contributed by atoms with Crippen molar-refractivity contribution in [2.24, 2.45) is 5.16 Å². The molecule has 1 aliphatic heterocycles. The molecule has 0 spiro atoms. The van der Waals surface area contributed by atoms with Crippen molar-refractivity contribution >= 4 is 40.8 Å². The van der Waals surface area contributed by atoms with Gasteiger partial charge < -0.3 is 4.84 Å². The Bertz CT molecular complexity index is 1590. The van der Waals surface area contributed by atoms with Gasteiger partial charge in [0.05, 0.1) is 22.2 Å². The molecule has 1 atom stereocenters. The van der Waals surface area contributed by atoms with E-state index >= 15 is 0 Å². The molecule has 3 aromatic rings. The van der Waals surface area contributed by atoms with Gasteiger partial charge in [-0.15, -0.1) is 5.10 Å². The van der Waals surface area contributed by atoms with E-state index < -0.39 is 89.0 Å². The number of nitrogens with one attached hydrogen (secondary N) is 1. The summed E-state index contributed by atoms with van der Waals surface area (Å²) in [4.78, 5) is 21.3. The Labute approximate surface area is 250 Å². The van der Waals surface area contributed by atoms with Crippen LogP contribution in [0, 0.1) is 12.7 Å². The fraction of sp³-hybridized carbons (Fsp3) is 0.360.